The van der Waals surface area contributed by atoms with Crippen LogP contribution in [0.15, 0.2) is 24.3 Å². The first-order valence-electron chi connectivity index (χ1n) is 5.99. The van der Waals surface area contributed by atoms with Crippen molar-refractivity contribution >= 4 is 17.5 Å². The number of nitrogens with two attached hydrogens (primary N) is 1. The van der Waals surface area contributed by atoms with Crippen LogP contribution in [0.3, 0.4) is 0 Å². The molecule has 1 aromatic rings. The summed E-state index contributed by atoms with van der Waals surface area (Å²) in [6, 6.07) is 7.12. The molecule has 1 aromatic carbocycles. The minimum Gasteiger partial charge on any atom is -0.355 e. The summed E-state index contributed by atoms with van der Waals surface area (Å²) in [6.07, 6.45) is 0.457. The number of hydrogen-bond acceptors (Lipinski definition) is 3. The van der Waals surface area contributed by atoms with E-state index in [-0.39, 0.29) is 17.7 Å². The van der Waals surface area contributed by atoms with Gasteiger partial charge >= 0.3 is 0 Å². The van der Waals surface area contributed by atoms with Gasteiger partial charge in [-0.2, -0.15) is 0 Å². The fourth-order valence-corrected chi connectivity index (χ4v) is 2.21. The molecule has 0 radical (unpaired) electrons. The van der Waals surface area contributed by atoms with Crippen molar-refractivity contribution in [3.8, 4) is 0 Å². The Hall–Kier alpha value is -1.88. The van der Waals surface area contributed by atoms with Crippen molar-refractivity contribution in [1.29, 1.82) is 0 Å². The summed E-state index contributed by atoms with van der Waals surface area (Å²) < 4.78 is 0. The Bertz CT molecular complexity index is 473. The minimum atomic E-state index is -0.186. The van der Waals surface area contributed by atoms with Crippen LogP contribution >= 0.6 is 0 Å². The smallest absolute Gasteiger partial charge is 0.253 e. The summed E-state index contributed by atoms with van der Waals surface area (Å²) in [6.45, 7) is 1.08. The van der Waals surface area contributed by atoms with Crippen molar-refractivity contribution < 1.29 is 9.59 Å². The fraction of sp³-hybridized carbons (Fsp3) is 0.385. The highest BCUT2D eigenvalue weighted by Crippen LogP contribution is 2.27. The summed E-state index contributed by atoms with van der Waals surface area (Å²) in [5.41, 5.74) is 6.79. The number of rotatable bonds is 3. The van der Waals surface area contributed by atoms with Crippen molar-refractivity contribution in [3.05, 3.63) is 29.8 Å². The van der Waals surface area contributed by atoms with Gasteiger partial charge in [-0.25, -0.2) is 0 Å². The molecule has 96 valence electrons. The van der Waals surface area contributed by atoms with Crippen molar-refractivity contribution in [2.75, 3.05) is 25.0 Å². The molecule has 18 heavy (non-hydrogen) atoms. The average Bonchev–Trinajstić information content (AvgIpc) is 2.79. The molecule has 1 unspecified atom stereocenters. The molecule has 0 spiro atoms. The fourth-order valence-electron chi connectivity index (χ4n) is 2.21. The molecule has 5 heteroatoms. The van der Waals surface area contributed by atoms with E-state index in [9.17, 15) is 9.59 Å². The van der Waals surface area contributed by atoms with Crippen LogP contribution in [0.4, 0.5) is 5.69 Å². The van der Waals surface area contributed by atoms with E-state index in [4.69, 9.17) is 5.73 Å². The lowest BCUT2D eigenvalue weighted by atomic mass is 10.1. The van der Waals surface area contributed by atoms with Crippen molar-refractivity contribution in [1.82, 2.24) is 5.32 Å². The highest BCUT2D eigenvalue weighted by Gasteiger charge is 2.31. The second kappa shape index (κ2) is 5.18. The maximum atomic E-state index is 11.9. The highest BCUT2D eigenvalue weighted by atomic mass is 16.2. The molecule has 0 aliphatic carbocycles. The molecule has 3 N–H and O–H groups in total. The second-order valence-corrected chi connectivity index (χ2v) is 4.41. The van der Waals surface area contributed by atoms with Gasteiger partial charge in [-0.1, -0.05) is 12.1 Å². The third-order valence-electron chi connectivity index (χ3n) is 3.20. The topological polar surface area (TPSA) is 75.4 Å². The monoisotopic (exact) mass is 247 g/mol. The number of amides is 2. The standard InChI is InChI=1S/C13H17N3O2/c1-15-13(18)10-4-2-3-5-11(10)16-8-9(7-14)6-12(16)17/h2-5,9H,6-8,14H2,1H3,(H,15,18). The first kappa shape index (κ1) is 12.6. The number of hydrogen-bond donors (Lipinski definition) is 2. The zero-order chi connectivity index (χ0) is 13.1. The van der Waals surface area contributed by atoms with Crippen LogP contribution in [0.1, 0.15) is 16.8 Å². The van der Waals surface area contributed by atoms with Crippen LogP contribution in [-0.4, -0.2) is 32.0 Å². The lowest BCUT2D eigenvalue weighted by molar-refractivity contribution is -0.117. The number of nitrogens with one attached hydrogen (secondary N) is 1. The zero-order valence-electron chi connectivity index (χ0n) is 10.3. The van der Waals surface area contributed by atoms with Crippen LogP contribution in [0.2, 0.25) is 0 Å². The molecule has 1 aliphatic heterocycles. The predicted octanol–water partition coefficient (Wildman–Crippen LogP) is 0.358. The van der Waals surface area contributed by atoms with E-state index in [1.54, 1.807) is 30.1 Å². The number of carbonyl (C=O) groups excluding carboxylic acids is 2. The summed E-state index contributed by atoms with van der Waals surface area (Å²) in [4.78, 5) is 25.4. The van der Waals surface area contributed by atoms with Crippen LogP contribution in [-0.2, 0) is 4.79 Å². The Morgan fingerprint density at radius 2 is 2.22 bits per heavy atom. The normalized spacial score (nSPS) is 19.1. The number of carbonyl (C=O) groups is 2. The second-order valence-electron chi connectivity index (χ2n) is 4.41. The highest BCUT2D eigenvalue weighted by molar-refractivity contribution is 6.05. The minimum absolute atomic E-state index is 0.0294. The molecule has 1 saturated heterocycles. The molecule has 0 aromatic heterocycles. The molecule has 1 heterocycles. The van der Waals surface area contributed by atoms with Crippen molar-refractivity contribution in [3.63, 3.8) is 0 Å². The maximum Gasteiger partial charge on any atom is 0.253 e. The Morgan fingerprint density at radius 3 is 2.83 bits per heavy atom. The van der Waals surface area contributed by atoms with Gasteiger partial charge in [0.15, 0.2) is 0 Å². The van der Waals surface area contributed by atoms with Crippen LogP contribution in [0.5, 0.6) is 0 Å². The molecular formula is C13H17N3O2. The van der Waals surface area contributed by atoms with Gasteiger partial charge in [-0.15, -0.1) is 0 Å². The van der Waals surface area contributed by atoms with Crippen LogP contribution in [0, 0.1) is 5.92 Å². The average molecular weight is 247 g/mol. The zero-order valence-corrected chi connectivity index (χ0v) is 10.3. The molecule has 5 nitrogen and oxygen atoms in total. The van der Waals surface area contributed by atoms with Crippen molar-refractivity contribution in [2.24, 2.45) is 11.7 Å². The van der Waals surface area contributed by atoms with Gasteiger partial charge in [0.25, 0.3) is 5.91 Å². The summed E-state index contributed by atoms with van der Waals surface area (Å²) in [7, 11) is 1.58. The molecule has 2 amide bonds. The Morgan fingerprint density at radius 1 is 1.50 bits per heavy atom. The lowest BCUT2D eigenvalue weighted by Gasteiger charge is -2.19. The largest absolute Gasteiger partial charge is 0.355 e. The van der Waals surface area contributed by atoms with Gasteiger partial charge < -0.3 is 16.0 Å². The molecule has 0 saturated carbocycles. The molecular weight excluding hydrogens is 230 g/mol. The van der Waals surface area contributed by atoms with Gasteiger partial charge in [0.1, 0.15) is 0 Å². The number of anilines is 1. The van der Waals surface area contributed by atoms with E-state index >= 15 is 0 Å². The molecule has 1 fully saturated rings. The van der Waals surface area contributed by atoms with Crippen LogP contribution in [0.25, 0.3) is 0 Å². The number of para-hydroxylation sites is 1. The summed E-state index contributed by atoms with van der Waals surface area (Å²) in [5, 5.41) is 2.58. The van der Waals surface area contributed by atoms with Gasteiger partial charge in [0.05, 0.1) is 11.3 Å². The van der Waals surface area contributed by atoms with E-state index in [2.05, 4.69) is 5.32 Å². The van der Waals surface area contributed by atoms with E-state index in [0.29, 0.717) is 30.8 Å². The van der Waals surface area contributed by atoms with E-state index in [1.165, 1.54) is 0 Å². The first-order valence-corrected chi connectivity index (χ1v) is 5.99. The van der Waals surface area contributed by atoms with Gasteiger partial charge in [-0.3, -0.25) is 9.59 Å². The maximum absolute atomic E-state index is 11.9. The quantitative estimate of drug-likeness (QED) is 0.809. The third-order valence-corrected chi connectivity index (χ3v) is 3.20. The predicted molar refractivity (Wildman–Crippen MR) is 69.3 cm³/mol. The third kappa shape index (κ3) is 2.22. The van der Waals surface area contributed by atoms with Crippen molar-refractivity contribution in [2.45, 2.75) is 6.42 Å². The van der Waals surface area contributed by atoms with Gasteiger partial charge in [-0.05, 0) is 24.6 Å². The Kier molecular flexibility index (Phi) is 3.62. The molecule has 2 rings (SSSR count). The SMILES string of the molecule is CNC(=O)c1ccccc1N1CC(CN)CC1=O. The van der Waals surface area contributed by atoms with E-state index in [1.807, 2.05) is 6.07 Å². The summed E-state index contributed by atoms with van der Waals surface area (Å²) in [5.74, 6) is 0.0200. The lowest BCUT2D eigenvalue weighted by Crippen LogP contribution is -2.29. The molecule has 1 aliphatic rings. The van der Waals surface area contributed by atoms with Gasteiger partial charge in [0, 0.05) is 20.0 Å². The Balaban J connectivity index is 2.34. The Labute approximate surface area is 106 Å². The summed E-state index contributed by atoms with van der Waals surface area (Å²) >= 11 is 0. The van der Waals surface area contributed by atoms with E-state index < -0.39 is 0 Å². The number of benzene rings is 1. The van der Waals surface area contributed by atoms with Gasteiger partial charge in [0.2, 0.25) is 5.91 Å². The van der Waals surface area contributed by atoms with E-state index in [0.717, 1.165) is 0 Å². The number of nitrogens with zero attached hydrogens (tertiary/aromatic N) is 1. The molecule has 1 atom stereocenters. The first-order chi connectivity index (χ1) is 8.67. The molecule has 0 bridgehead atoms. The van der Waals surface area contributed by atoms with Crippen LogP contribution < -0.4 is 16.0 Å².